The highest BCUT2D eigenvalue weighted by atomic mass is 32.1. The number of benzene rings is 1. The summed E-state index contributed by atoms with van der Waals surface area (Å²) < 4.78 is 0. The van der Waals surface area contributed by atoms with Crippen LogP contribution < -0.4 is 0 Å². The van der Waals surface area contributed by atoms with Crippen molar-refractivity contribution in [3.63, 3.8) is 0 Å². The van der Waals surface area contributed by atoms with Gasteiger partial charge in [0.1, 0.15) is 0 Å². The van der Waals surface area contributed by atoms with Crippen LogP contribution in [0.25, 0.3) is 0 Å². The van der Waals surface area contributed by atoms with Crippen LogP contribution in [-0.2, 0) is 16.0 Å². The van der Waals surface area contributed by atoms with Crippen LogP contribution in [0.3, 0.4) is 0 Å². The SMILES string of the molecule is O=C=N[C@@H](CCC(=O)S)Cc1ccccc1. The van der Waals surface area contributed by atoms with Crippen LogP contribution in [0.4, 0.5) is 0 Å². The van der Waals surface area contributed by atoms with Gasteiger partial charge in [-0.3, -0.25) is 4.79 Å². The minimum Gasteiger partial charge on any atom is -0.288 e. The lowest BCUT2D eigenvalue weighted by Gasteiger charge is -2.09. The smallest absolute Gasteiger partial charge is 0.235 e. The number of rotatable bonds is 6. The Morgan fingerprint density at radius 3 is 2.62 bits per heavy atom. The lowest BCUT2D eigenvalue weighted by Crippen LogP contribution is -2.09. The summed E-state index contributed by atoms with van der Waals surface area (Å²) in [4.78, 5) is 24.7. The van der Waals surface area contributed by atoms with Crippen LogP contribution in [0.15, 0.2) is 35.3 Å². The van der Waals surface area contributed by atoms with E-state index in [2.05, 4.69) is 17.6 Å². The molecule has 0 aliphatic heterocycles. The topological polar surface area (TPSA) is 46.5 Å². The van der Waals surface area contributed by atoms with Gasteiger partial charge in [-0.15, -0.1) is 12.6 Å². The molecule has 0 fully saturated rings. The van der Waals surface area contributed by atoms with Crippen molar-refractivity contribution in [2.75, 3.05) is 0 Å². The third kappa shape index (κ3) is 4.91. The zero-order chi connectivity index (χ0) is 11.8. The van der Waals surface area contributed by atoms with Crippen molar-refractivity contribution in [3.8, 4) is 0 Å². The number of carbonyl (C=O) groups excluding carboxylic acids is 2. The van der Waals surface area contributed by atoms with E-state index in [-0.39, 0.29) is 11.2 Å². The number of hydrogen-bond acceptors (Lipinski definition) is 3. The Labute approximate surface area is 100.0 Å². The van der Waals surface area contributed by atoms with Gasteiger partial charge in [0.15, 0.2) is 5.12 Å². The van der Waals surface area contributed by atoms with Crippen LogP contribution in [0.2, 0.25) is 0 Å². The second kappa shape index (κ2) is 6.99. The highest BCUT2D eigenvalue weighted by Crippen LogP contribution is 2.11. The molecular formula is C12H13NO2S. The zero-order valence-corrected chi connectivity index (χ0v) is 9.69. The number of aliphatic imine (C=N–C) groups is 1. The molecular weight excluding hydrogens is 222 g/mol. The van der Waals surface area contributed by atoms with Gasteiger partial charge in [-0.05, 0) is 18.4 Å². The summed E-state index contributed by atoms with van der Waals surface area (Å²) in [7, 11) is 0. The largest absolute Gasteiger partial charge is 0.288 e. The molecule has 0 saturated heterocycles. The van der Waals surface area contributed by atoms with E-state index in [0.29, 0.717) is 19.3 Å². The molecule has 0 heterocycles. The van der Waals surface area contributed by atoms with Gasteiger partial charge >= 0.3 is 0 Å². The Bertz CT molecular complexity index is 385. The molecule has 0 saturated carbocycles. The summed E-state index contributed by atoms with van der Waals surface area (Å²) >= 11 is 3.69. The lowest BCUT2D eigenvalue weighted by atomic mass is 10.0. The van der Waals surface area contributed by atoms with Crippen LogP contribution in [0, 0.1) is 0 Å². The van der Waals surface area contributed by atoms with Gasteiger partial charge in [0.25, 0.3) is 0 Å². The van der Waals surface area contributed by atoms with E-state index in [9.17, 15) is 9.59 Å². The van der Waals surface area contributed by atoms with Gasteiger partial charge in [0.05, 0.1) is 6.04 Å². The monoisotopic (exact) mass is 235 g/mol. The van der Waals surface area contributed by atoms with E-state index in [1.54, 1.807) is 6.08 Å². The number of isocyanates is 1. The van der Waals surface area contributed by atoms with Crippen molar-refractivity contribution in [1.29, 1.82) is 0 Å². The minimum absolute atomic E-state index is 0.181. The molecule has 1 atom stereocenters. The summed E-state index contributed by atoms with van der Waals surface area (Å²) in [5.41, 5.74) is 1.10. The second-order valence-electron chi connectivity index (χ2n) is 3.50. The number of thiol groups is 1. The molecule has 0 aliphatic carbocycles. The predicted molar refractivity (Wildman–Crippen MR) is 65.3 cm³/mol. The first-order valence-corrected chi connectivity index (χ1v) is 5.50. The maximum Gasteiger partial charge on any atom is 0.235 e. The van der Waals surface area contributed by atoms with Gasteiger partial charge in [-0.1, -0.05) is 30.3 Å². The summed E-state index contributed by atoms with van der Waals surface area (Å²) in [5, 5.41) is -0.181. The van der Waals surface area contributed by atoms with E-state index >= 15 is 0 Å². The molecule has 0 amide bonds. The first-order chi connectivity index (χ1) is 7.72. The van der Waals surface area contributed by atoms with Crippen molar-refractivity contribution in [3.05, 3.63) is 35.9 Å². The molecule has 16 heavy (non-hydrogen) atoms. The number of hydrogen-bond donors (Lipinski definition) is 1. The highest BCUT2D eigenvalue weighted by molar-refractivity contribution is 7.96. The molecule has 0 N–H and O–H groups in total. The van der Waals surface area contributed by atoms with Crippen LogP contribution in [0.1, 0.15) is 18.4 Å². The van der Waals surface area contributed by atoms with E-state index in [1.807, 2.05) is 30.3 Å². The number of nitrogens with zero attached hydrogens (tertiary/aromatic N) is 1. The summed E-state index contributed by atoms with van der Waals surface area (Å²) in [5.74, 6) is 0. The Morgan fingerprint density at radius 1 is 1.38 bits per heavy atom. The molecule has 0 aliphatic rings. The van der Waals surface area contributed by atoms with Crippen molar-refractivity contribution >= 4 is 23.8 Å². The maximum absolute atomic E-state index is 10.7. The fourth-order valence-corrected chi connectivity index (χ4v) is 1.59. The molecule has 3 nitrogen and oxygen atoms in total. The van der Waals surface area contributed by atoms with Crippen molar-refractivity contribution < 1.29 is 9.59 Å². The quantitative estimate of drug-likeness (QED) is 0.466. The Kier molecular flexibility index (Phi) is 5.54. The molecule has 1 aromatic carbocycles. The molecule has 1 aromatic rings. The van der Waals surface area contributed by atoms with Crippen molar-refractivity contribution in [2.45, 2.75) is 25.3 Å². The van der Waals surface area contributed by atoms with Gasteiger partial charge in [-0.2, -0.15) is 0 Å². The molecule has 4 heteroatoms. The third-order valence-corrected chi connectivity index (χ3v) is 2.46. The first kappa shape index (κ1) is 12.7. The van der Waals surface area contributed by atoms with Gasteiger partial charge in [0.2, 0.25) is 6.08 Å². The van der Waals surface area contributed by atoms with Crippen LogP contribution >= 0.6 is 12.6 Å². The minimum atomic E-state index is -0.184. The average molecular weight is 235 g/mol. The average Bonchev–Trinajstić information content (AvgIpc) is 2.27. The van der Waals surface area contributed by atoms with E-state index in [0.717, 1.165) is 5.56 Å². The highest BCUT2D eigenvalue weighted by Gasteiger charge is 2.09. The second-order valence-corrected chi connectivity index (χ2v) is 4.00. The Hall–Kier alpha value is -1.38. The number of carbonyl (C=O) groups is 1. The summed E-state index contributed by atoms with van der Waals surface area (Å²) in [6.45, 7) is 0. The Morgan fingerprint density at radius 2 is 2.06 bits per heavy atom. The standard InChI is InChI=1S/C12H13NO2S/c14-9-13-11(6-7-12(15)16)8-10-4-2-1-3-5-10/h1-5,11H,6-8H2,(H,15,16)/t11-/m0/s1. The van der Waals surface area contributed by atoms with Crippen molar-refractivity contribution in [1.82, 2.24) is 0 Å². The maximum atomic E-state index is 10.7. The molecule has 0 bridgehead atoms. The normalized spacial score (nSPS) is 11.6. The van der Waals surface area contributed by atoms with Gasteiger partial charge in [0, 0.05) is 6.42 Å². The van der Waals surface area contributed by atoms with Crippen molar-refractivity contribution in [2.24, 2.45) is 4.99 Å². The van der Waals surface area contributed by atoms with E-state index in [1.165, 1.54) is 0 Å². The first-order valence-electron chi connectivity index (χ1n) is 5.05. The fourth-order valence-electron chi connectivity index (χ4n) is 1.46. The van der Waals surface area contributed by atoms with E-state index in [4.69, 9.17) is 0 Å². The molecule has 1 rings (SSSR count). The fraction of sp³-hybridized carbons (Fsp3) is 0.333. The Balaban J connectivity index is 2.57. The molecule has 0 unspecified atom stereocenters. The van der Waals surface area contributed by atoms with Gasteiger partial charge in [-0.25, -0.2) is 9.79 Å². The zero-order valence-electron chi connectivity index (χ0n) is 8.80. The van der Waals surface area contributed by atoms with Gasteiger partial charge < -0.3 is 0 Å². The summed E-state index contributed by atoms with van der Waals surface area (Å²) in [6.07, 6.45) is 3.06. The molecule has 84 valence electrons. The third-order valence-electron chi connectivity index (χ3n) is 2.24. The molecule has 0 radical (unpaired) electrons. The van der Waals surface area contributed by atoms with Crippen LogP contribution in [0.5, 0.6) is 0 Å². The predicted octanol–water partition coefficient (Wildman–Crippen LogP) is 2.17. The molecule has 0 aromatic heterocycles. The summed E-state index contributed by atoms with van der Waals surface area (Å²) in [6, 6.07) is 9.54. The van der Waals surface area contributed by atoms with E-state index < -0.39 is 0 Å². The lowest BCUT2D eigenvalue weighted by molar-refractivity contribution is -0.110. The molecule has 0 spiro atoms. The van der Waals surface area contributed by atoms with Crippen LogP contribution in [-0.4, -0.2) is 17.2 Å².